The molecule has 18 heteroatoms. The molecule has 1 aliphatic heterocycles. The van der Waals surface area contributed by atoms with E-state index in [1.807, 2.05) is 0 Å². The highest BCUT2D eigenvalue weighted by atomic mass is 19.2. The van der Waals surface area contributed by atoms with Gasteiger partial charge in [0, 0.05) is 30.7 Å². The third-order valence-corrected chi connectivity index (χ3v) is 14.7. The van der Waals surface area contributed by atoms with E-state index in [2.05, 4.69) is 5.32 Å². The molecule has 3 aliphatic carbocycles. The number of hydrogen-bond acceptors (Lipinski definition) is 14. The Morgan fingerprint density at radius 1 is 0.800 bits per heavy atom. The molecule has 3 fully saturated rings. The second-order valence-corrected chi connectivity index (χ2v) is 18.9. The smallest absolute Gasteiger partial charge is 0.350 e. The Kier molecular flexibility index (Phi) is 13.2. The van der Waals surface area contributed by atoms with Crippen molar-refractivity contribution in [1.82, 2.24) is 5.32 Å². The number of carbonyl (C=O) groups excluding carboxylic acids is 6. The van der Waals surface area contributed by atoms with Gasteiger partial charge in [0.15, 0.2) is 28.8 Å². The molecule has 15 nitrogen and oxygen atoms in total. The van der Waals surface area contributed by atoms with Crippen molar-refractivity contribution in [2.75, 3.05) is 6.61 Å². The number of esters is 4. The number of Topliss-reactive ketones (excluding diaryl/α,β-unsaturated/α-hetero) is 1. The number of aliphatic hydroxyl groups excluding tert-OH is 2. The number of hydrogen-bond donors (Lipinski definition) is 4. The van der Waals surface area contributed by atoms with E-state index in [-0.39, 0.29) is 40.9 Å². The van der Waals surface area contributed by atoms with Gasteiger partial charge in [0.1, 0.15) is 36.1 Å². The number of carbonyl (C=O) groups is 6. The second kappa shape index (κ2) is 18.5. The molecule has 8 rings (SSSR count). The lowest BCUT2D eigenvalue weighted by Crippen LogP contribution is -2.81. The van der Waals surface area contributed by atoms with Crippen molar-refractivity contribution in [3.05, 3.63) is 154 Å². The number of halogens is 3. The fourth-order valence-electron chi connectivity index (χ4n) is 10.9. The molecule has 0 aromatic heterocycles. The number of benzene rings is 4. The summed E-state index contributed by atoms with van der Waals surface area (Å²) in [5.74, 6) is -14.1. The quantitative estimate of drug-likeness (QED) is 0.0636. The zero-order valence-corrected chi connectivity index (χ0v) is 38.5. The predicted molar refractivity (Wildman–Crippen MR) is 238 cm³/mol. The first-order valence-electron chi connectivity index (χ1n) is 22.5. The number of amides is 1. The molecule has 70 heavy (non-hydrogen) atoms. The maximum atomic E-state index is 15.2. The monoisotopic (exact) mass is 969 g/mol. The third kappa shape index (κ3) is 8.15. The zero-order valence-electron chi connectivity index (χ0n) is 38.5. The van der Waals surface area contributed by atoms with Crippen molar-refractivity contribution in [1.29, 1.82) is 0 Å². The molecule has 0 radical (unpaired) electrons. The minimum absolute atomic E-state index is 0.00398. The van der Waals surface area contributed by atoms with E-state index in [0.29, 0.717) is 12.1 Å². The van der Waals surface area contributed by atoms with E-state index in [0.717, 1.165) is 6.92 Å². The summed E-state index contributed by atoms with van der Waals surface area (Å²) in [6, 6.07) is 22.2. The Labute approximate surface area is 399 Å². The largest absolute Gasteiger partial charge is 0.455 e. The molecule has 11 atom stereocenters. The van der Waals surface area contributed by atoms with Crippen LogP contribution in [0.3, 0.4) is 0 Å². The van der Waals surface area contributed by atoms with Gasteiger partial charge in [-0.1, -0.05) is 80.6 Å². The summed E-state index contributed by atoms with van der Waals surface area (Å²) < 4.78 is 73.9. The second-order valence-electron chi connectivity index (χ2n) is 18.9. The van der Waals surface area contributed by atoms with Crippen LogP contribution in [0.25, 0.3) is 0 Å². The van der Waals surface area contributed by atoms with Gasteiger partial charge in [-0.2, -0.15) is 0 Å². The molecule has 4 aromatic carbocycles. The van der Waals surface area contributed by atoms with Crippen LogP contribution in [-0.2, 0) is 38.1 Å². The van der Waals surface area contributed by atoms with Gasteiger partial charge in [0.2, 0.25) is 6.10 Å². The van der Waals surface area contributed by atoms with Crippen LogP contribution in [-0.4, -0.2) is 105 Å². The van der Waals surface area contributed by atoms with E-state index >= 15 is 14.0 Å². The van der Waals surface area contributed by atoms with Crippen LogP contribution in [0.5, 0.6) is 0 Å². The minimum atomic E-state index is -2.55. The zero-order chi connectivity index (χ0) is 50.7. The van der Waals surface area contributed by atoms with Crippen molar-refractivity contribution in [2.45, 2.75) is 101 Å². The average molecular weight is 970 g/mol. The number of fused-ring (bicyclic) bond motifs is 5. The standard InChI is InChI=1S/C52H50F3NO14/c1-26-33(67-48(64)41(68-47(63)31-21-22-32(53)38(55)37(31)54)39(28-15-9-6-10-16-28)56-45(61)29-17-11-7-12-18-29)24-52(65)44(69-46(62)30-19-13-8-14-20-30)42-50(5,43(60)40(59)36(26)49(52,3)4)34(58)23-35-51(42,25-66-35)70-27(2)57/h6-22,33-35,39-42,44,58-59,65H,23-25H2,1-5H3,(H,56,61)/t33-,34-,35+,39-,40+,41+,42?,44?,50+,51-,52+/m0/s1. The fraction of sp³-hybridized carbons (Fsp3) is 0.385. The lowest BCUT2D eigenvalue weighted by Gasteiger charge is -2.67. The third-order valence-electron chi connectivity index (χ3n) is 14.7. The van der Waals surface area contributed by atoms with Crippen LogP contribution in [0.4, 0.5) is 13.2 Å². The number of ether oxygens (including phenoxy) is 5. The van der Waals surface area contributed by atoms with E-state index < -0.39 is 136 Å². The highest BCUT2D eigenvalue weighted by molar-refractivity contribution is 5.96. The molecule has 2 bridgehead atoms. The van der Waals surface area contributed by atoms with Crippen molar-refractivity contribution in [3.63, 3.8) is 0 Å². The molecular weight excluding hydrogens is 920 g/mol. The number of aliphatic hydroxyl groups is 3. The molecular formula is C52H50F3NO14. The highest BCUT2D eigenvalue weighted by Crippen LogP contribution is 2.64. The minimum Gasteiger partial charge on any atom is -0.455 e. The maximum Gasteiger partial charge on any atom is 0.350 e. The van der Waals surface area contributed by atoms with Crippen molar-refractivity contribution in [3.8, 4) is 0 Å². The van der Waals surface area contributed by atoms with Gasteiger partial charge in [-0.3, -0.25) is 14.4 Å². The van der Waals surface area contributed by atoms with Crippen molar-refractivity contribution < 1.29 is 80.9 Å². The van der Waals surface area contributed by atoms with Crippen LogP contribution in [0, 0.1) is 34.2 Å². The van der Waals surface area contributed by atoms with Crippen LogP contribution >= 0.6 is 0 Å². The first-order chi connectivity index (χ1) is 33.1. The summed E-state index contributed by atoms with van der Waals surface area (Å²) in [5, 5.41) is 40.8. The Morgan fingerprint density at radius 2 is 1.40 bits per heavy atom. The van der Waals surface area contributed by atoms with Crippen molar-refractivity contribution >= 4 is 35.6 Å². The summed E-state index contributed by atoms with van der Waals surface area (Å²) >= 11 is 0. The lowest BCUT2D eigenvalue weighted by atomic mass is 9.44. The molecule has 0 spiro atoms. The van der Waals surface area contributed by atoms with Gasteiger partial charge in [-0.15, -0.1) is 0 Å². The Balaban J connectivity index is 1.29. The van der Waals surface area contributed by atoms with Gasteiger partial charge >= 0.3 is 23.9 Å². The first-order valence-corrected chi connectivity index (χ1v) is 22.5. The Hall–Kier alpha value is -6.73. The number of rotatable bonds is 11. The lowest BCUT2D eigenvalue weighted by molar-refractivity contribution is -0.346. The Morgan fingerprint density at radius 3 is 1.99 bits per heavy atom. The van der Waals surface area contributed by atoms with E-state index in [1.165, 1.54) is 76.2 Å². The van der Waals surface area contributed by atoms with E-state index in [4.69, 9.17) is 23.7 Å². The summed E-state index contributed by atoms with van der Waals surface area (Å²) in [6.07, 6.45) is -11.9. The molecule has 2 saturated carbocycles. The first kappa shape index (κ1) is 49.7. The normalized spacial score (nSPS) is 29.6. The summed E-state index contributed by atoms with van der Waals surface area (Å²) in [5.41, 5.74) is -9.46. The van der Waals surface area contributed by atoms with Gasteiger partial charge in [0.25, 0.3) is 5.91 Å². The molecule has 4 N–H and O–H groups in total. The van der Waals surface area contributed by atoms with Crippen LogP contribution in [0.15, 0.2) is 114 Å². The number of nitrogens with one attached hydrogen (secondary N) is 1. The maximum absolute atomic E-state index is 15.2. The average Bonchev–Trinajstić information content (AvgIpc) is 3.33. The molecule has 4 aromatic rings. The molecule has 1 heterocycles. The number of ketones is 1. The van der Waals surface area contributed by atoms with Crippen LogP contribution < -0.4 is 5.32 Å². The summed E-state index contributed by atoms with van der Waals surface area (Å²) in [6.45, 7) is 6.36. The SMILES string of the molecule is CC(=O)O[C@@]12CO[C@@H]1C[C@H](O)[C@@]1(C)C(=O)[C@H](O)C3=C(C)[C@@H](OC(=O)[C@H](OC(=O)c4ccc(F)c(F)c4F)[C@@H](NC(=O)c4ccccc4)c4ccccc4)C[C@@](O)(C(OC(=O)c4ccccc4)C12)C3(C)C. The highest BCUT2D eigenvalue weighted by Gasteiger charge is 2.78. The molecule has 1 saturated heterocycles. The molecule has 4 aliphatic rings. The summed E-state index contributed by atoms with van der Waals surface area (Å²) in [4.78, 5) is 85.4. The molecule has 368 valence electrons. The van der Waals surface area contributed by atoms with Crippen molar-refractivity contribution in [2.24, 2.45) is 16.7 Å². The Bertz CT molecular complexity index is 2770. The van der Waals surface area contributed by atoms with Gasteiger partial charge in [-0.25, -0.2) is 27.6 Å². The topological polar surface area (TPSA) is 221 Å². The van der Waals surface area contributed by atoms with E-state index in [9.17, 15) is 43.3 Å². The molecule has 2 unspecified atom stereocenters. The molecule has 1 amide bonds. The van der Waals surface area contributed by atoms with Crippen LogP contribution in [0.1, 0.15) is 90.1 Å². The van der Waals surface area contributed by atoms with Gasteiger partial charge < -0.3 is 44.3 Å². The van der Waals surface area contributed by atoms with Gasteiger partial charge in [0.05, 0.1) is 35.2 Å². The summed E-state index contributed by atoms with van der Waals surface area (Å²) in [7, 11) is 0. The van der Waals surface area contributed by atoms with E-state index in [1.54, 1.807) is 42.5 Å². The van der Waals surface area contributed by atoms with Gasteiger partial charge in [-0.05, 0) is 67.0 Å². The fourth-order valence-corrected chi connectivity index (χ4v) is 10.9. The van der Waals surface area contributed by atoms with Crippen LogP contribution in [0.2, 0.25) is 0 Å². The predicted octanol–water partition coefficient (Wildman–Crippen LogP) is 5.45.